The van der Waals surface area contributed by atoms with Crippen molar-refractivity contribution < 1.29 is 0 Å². The minimum atomic E-state index is 0.205. The molecule has 0 N–H and O–H groups in total. The summed E-state index contributed by atoms with van der Waals surface area (Å²) in [6.07, 6.45) is 0.903. The molecule has 1 nitrogen and oxygen atoms in total. The summed E-state index contributed by atoms with van der Waals surface area (Å²) in [5.74, 6) is 0.205. The van der Waals surface area contributed by atoms with Crippen LogP contribution in [0.3, 0.4) is 0 Å². The van der Waals surface area contributed by atoms with Gasteiger partial charge in [-0.2, -0.15) is 0 Å². The van der Waals surface area contributed by atoms with Gasteiger partial charge in [-0.3, -0.25) is 0 Å². The lowest BCUT2D eigenvalue weighted by Gasteiger charge is -2.15. The van der Waals surface area contributed by atoms with Crippen molar-refractivity contribution in [3.8, 4) is 0 Å². The fourth-order valence-electron chi connectivity index (χ4n) is 1.36. The summed E-state index contributed by atoms with van der Waals surface area (Å²) >= 11 is 17.9. The molecule has 0 fully saturated rings. The molecule has 1 aromatic carbocycles. The Kier molecular flexibility index (Phi) is 4.28. The fourth-order valence-corrected chi connectivity index (χ4v) is 2.15. The summed E-state index contributed by atoms with van der Waals surface area (Å²) in [6.45, 7) is 11.1. The first-order valence-electron chi connectivity index (χ1n) is 4.57. The third-order valence-electron chi connectivity index (χ3n) is 2.40. The van der Waals surface area contributed by atoms with Gasteiger partial charge >= 0.3 is 0 Å². The largest absolute Gasteiger partial charge is 0.238 e. The molecular formula is C11H10Cl3N. The van der Waals surface area contributed by atoms with Crippen molar-refractivity contribution in [2.24, 2.45) is 0 Å². The van der Waals surface area contributed by atoms with Crippen LogP contribution in [-0.4, -0.2) is 0 Å². The van der Waals surface area contributed by atoms with E-state index >= 15 is 0 Å². The zero-order chi connectivity index (χ0) is 11.6. The Bertz CT molecular complexity index is 421. The van der Waals surface area contributed by atoms with Gasteiger partial charge in [0, 0.05) is 0 Å². The van der Waals surface area contributed by atoms with Crippen LogP contribution in [0.2, 0.25) is 15.1 Å². The monoisotopic (exact) mass is 261 g/mol. The normalized spacial score (nSPS) is 12.3. The molecule has 0 aliphatic heterocycles. The molecule has 1 rings (SSSR count). The number of halogens is 3. The van der Waals surface area contributed by atoms with Crippen LogP contribution in [0.25, 0.3) is 4.85 Å². The Morgan fingerprint density at radius 3 is 2.40 bits per heavy atom. The maximum absolute atomic E-state index is 7.08. The molecule has 0 aliphatic rings. The summed E-state index contributed by atoms with van der Waals surface area (Å²) < 4.78 is 0. The maximum atomic E-state index is 7.08. The predicted octanol–water partition coefficient (Wildman–Crippen LogP) is 5.71. The Hall–Kier alpha value is -0.420. The number of rotatable bonds is 2. The van der Waals surface area contributed by atoms with E-state index in [1.165, 1.54) is 0 Å². The standard InChI is InChI=1S/C11H10Cl3N/c1-4-6(2)9-8(15-3)5-7(12)10(13)11(9)14/h5-6H,4H2,1-2H3. The van der Waals surface area contributed by atoms with Crippen LogP contribution in [0, 0.1) is 6.57 Å². The van der Waals surface area contributed by atoms with E-state index in [4.69, 9.17) is 41.4 Å². The molecule has 0 aliphatic carbocycles. The van der Waals surface area contributed by atoms with Crippen molar-refractivity contribution in [3.05, 3.63) is 38.1 Å². The van der Waals surface area contributed by atoms with Crippen LogP contribution in [0.4, 0.5) is 5.69 Å². The van der Waals surface area contributed by atoms with Gasteiger partial charge in [0.05, 0.1) is 21.6 Å². The molecule has 0 aromatic heterocycles. The lowest BCUT2D eigenvalue weighted by molar-refractivity contribution is 0.737. The molecule has 0 saturated carbocycles. The third-order valence-corrected chi connectivity index (χ3v) is 3.68. The van der Waals surface area contributed by atoms with Crippen LogP contribution in [0.5, 0.6) is 0 Å². The highest BCUT2D eigenvalue weighted by Gasteiger charge is 2.18. The average Bonchev–Trinajstić information content (AvgIpc) is 2.24. The molecule has 1 atom stereocenters. The molecule has 0 radical (unpaired) electrons. The van der Waals surface area contributed by atoms with E-state index in [1.54, 1.807) is 6.07 Å². The second-order valence-electron chi connectivity index (χ2n) is 3.34. The van der Waals surface area contributed by atoms with Crippen molar-refractivity contribution >= 4 is 40.5 Å². The van der Waals surface area contributed by atoms with Gasteiger partial charge < -0.3 is 0 Å². The molecule has 0 spiro atoms. The van der Waals surface area contributed by atoms with Crippen molar-refractivity contribution in [3.63, 3.8) is 0 Å². The number of nitrogens with zero attached hydrogens (tertiary/aromatic N) is 1. The summed E-state index contributed by atoms with van der Waals surface area (Å²) in [4.78, 5) is 3.42. The van der Waals surface area contributed by atoms with Gasteiger partial charge in [-0.25, -0.2) is 4.85 Å². The van der Waals surface area contributed by atoms with Crippen LogP contribution in [0.15, 0.2) is 6.07 Å². The Balaban J connectivity index is 3.49. The zero-order valence-corrected chi connectivity index (χ0v) is 10.7. The van der Waals surface area contributed by atoms with Gasteiger partial charge in [0.2, 0.25) is 0 Å². The van der Waals surface area contributed by atoms with Gasteiger partial charge in [-0.1, -0.05) is 55.1 Å². The molecule has 0 bridgehead atoms. The van der Waals surface area contributed by atoms with Crippen molar-refractivity contribution in [2.45, 2.75) is 26.2 Å². The number of benzene rings is 1. The maximum Gasteiger partial charge on any atom is 0.193 e. The highest BCUT2D eigenvalue weighted by molar-refractivity contribution is 6.48. The third kappa shape index (κ3) is 2.39. The zero-order valence-electron chi connectivity index (χ0n) is 8.44. The van der Waals surface area contributed by atoms with E-state index in [1.807, 2.05) is 13.8 Å². The van der Waals surface area contributed by atoms with Crippen LogP contribution in [0.1, 0.15) is 31.7 Å². The van der Waals surface area contributed by atoms with Crippen LogP contribution < -0.4 is 0 Å². The highest BCUT2D eigenvalue weighted by atomic mass is 35.5. The van der Waals surface area contributed by atoms with E-state index in [0.29, 0.717) is 20.8 Å². The quantitative estimate of drug-likeness (QED) is 0.475. The molecule has 0 saturated heterocycles. The van der Waals surface area contributed by atoms with Crippen LogP contribution >= 0.6 is 34.8 Å². The Labute approximate surface area is 105 Å². The smallest absolute Gasteiger partial charge is 0.193 e. The van der Waals surface area contributed by atoms with E-state index in [-0.39, 0.29) is 5.92 Å². The molecule has 4 heteroatoms. The minimum Gasteiger partial charge on any atom is -0.238 e. The van der Waals surface area contributed by atoms with Crippen molar-refractivity contribution in [2.75, 3.05) is 0 Å². The van der Waals surface area contributed by atoms with E-state index in [2.05, 4.69) is 4.85 Å². The second-order valence-corrected chi connectivity index (χ2v) is 4.50. The first kappa shape index (κ1) is 12.6. The van der Waals surface area contributed by atoms with Crippen molar-refractivity contribution in [1.82, 2.24) is 0 Å². The minimum absolute atomic E-state index is 0.205. The fraction of sp³-hybridized carbons (Fsp3) is 0.364. The molecule has 1 aromatic rings. The number of hydrogen-bond acceptors (Lipinski definition) is 0. The second kappa shape index (κ2) is 5.07. The van der Waals surface area contributed by atoms with E-state index in [9.17, 15) is 0 Å². The van der Waals surface area contributed by atoms with Gasteiger partial charge in [0.15, 0.2) is 5.69 Å². The lowest BCUT2D eigenvalue weighted by Crippen LogP contribution is -1.94. The molecule has 80 valence electrons. The summed E-state index contributed by atoms with van der Waals surface area (Å²) in [7, 11) is 0. The molecular weight excluding hydrogens is 252 g/mol. The molecule has 0 heterocycles. The van der Waals surface area contributed by atoms with Gasteiger partial charge in [-0.05, 0) is 17.5 Å². The highest BCUT2D eigenvalue weighted by Crippen LogP contribution is 2.43. The Morgan fingerprint density at radius 1 is 1.33 bits per heavy atom. The van der Waals surface area contributed by atoms with E-state index in [0.717, 1.165) is 12.0 Å². The predicted molar refractivity (Wildman–Crippen MR) is 66.4 cm³/mol. The molecule has 1 unspecified atom stereocenters. The van der Waals surface area contributed by atoms with Crippen LogP contribution in [-0.2, 0) is 0 Å². The number of hydrogen-bond donors (Lipinski definition) is 0. The summed E-state index contributed by atoms with van der Waals surface area (Å²) in [5, 5.41) is 1.07. The van der Waals surface area contributed by atoms with E-state index < -0.39 is 0 Å². The van der Waals surface area contributed by atoms with Gasteiger partial charge in [-0.15, -0.1) is 0 Å². The van der Waals surface area contributed by atoms with Crippen molar-refractivity contribution in [1.29, 1.82) is 0 Å². The Morgan fingerprint density at radius 2 is 1.93 bits per heavy atom. The van der Waals surface area contributed by atoms with Gasteiger partial charge in [0.1, 0.15) is 0 Å². The summed E-state index contributed by atoms with van der Waals surface area (Å²) in [6, 6.07) is 1.57. The lowest BCUT2D eigenvalue weighted by atomic mass is 9.97. The molecule has 15 heavy (non-hydrogen) atoms. The SMILES string of the molecule is [C-]#[N+]c1cc(Cl)c(Cl)c(Cl)c1C(C)CC. The first-order valence-corrected chi connectivity index (χ1v) is 5.71. The molecule has 0 amide bonds. The average molecular weight is 263 g/mol. The first-order chi connectivity index (χ1) is 7.02. The van der Waals surface area contributed by atoms with Gasteiger partial charge in [0.25, 0.3) is 0 Å². The summed E-state index contributed by atoms with van der Waals surface area (Å²) in [5.41, 5.74) is 1.28. The topological polar surface area (TPSA) is 4.36 Å².